The number of rotatable bonds is 5. The molecular formula is C16H25BO5. The van der Waals surface area contributed by atoms with Gasteiger partial charge in [-0.1, -0.05) is 26.0 Å². The van der Waals surface area contributed by atoms with Crippen molar-refractivity contribution in [1.29, 1.82) is 0 Å². The molecule has 0 aromatic heterocycles. The van der Waals surface area contributed by atoms with E-state index in [9.17, 15) is 9.90 Å². The highest BCUT2D eigenvalue weighted by atomic mass is 16.7. The molecule has 0 aromatic rings. The fourth-order valence-electron chi connectivity index (χ4n) is 4.43. The third-order valence-corrected chi connectivity index (χ3v) is 6.00. The van der Waals surface area contributed by atoms with Gasteiger partial charge in [-0.2, -0.15) is 0 Å². The van der Waals surface area contributed by atoms with Gasteiger partial charge in [0.1, 0.15) is 0 Å². The molecule has 0 radical (unpaired) electrons. The van der Waals surface area contributed by atoms with Gasteiger partial charge in [0.15, 0.2) is 6.10 Å². The molecule has 1 saturated heterocycles. The van der Waals surface area contributed by atoms with Crippen LogP contribution in [0.25, 0.3) is 0 Å². The van der Waals surface area contributed by atoms with Crippen molar-refractivity contribution in [3.8, 4) is 0 Å². The summed E-state index contributed by atoms with van der Waals surface area (Å²) in [4.78, 5) is 10.5. The highest BCUT2D eigenvalue weighted by molar-refractivity contribution is 6.46. The molecule has 4 fully saturated rings. The van der Waals surface area contributed by atoms with Gasteiger partial charge < -0.3 is 19.5 Å². The fourth-order valence-corrected chi connectivity index (χ4v) is 4.43. The van der Waals surface area contributed by atoms with Crippen LogP contribution >= 0.6 is 0 Å². The van der Waals surface area contributed by atoms with Crippen molar-refractivity contribution in [1.82, 2.24) is 0 Å². The molecule has 6 heteroatoms. The molecule has 3 aliphatic carbocycles. The van der Waals surface area contributed by atoms with Crippen LogP contribution in [-0.2, 0) is 14.1 Å². The Morgan fingerprint density at radius 2 is 2.14 bits per heavy atom. The molecule has 3 saturated carbocycles. The lowest BCUT2D eigenvalue weighted by molar-refractivity contribution is -0.185. The molecule has 0 aromatic carbocycles. The molecule has 4 aliphatic rings. The van der Waals surface area contributed by atoms with Gasteiger partial charge in [0.2, 0.25) is 0 Å². The lowest BCUT2D eigenvalue weighted by Crippen LogP contribution is -2.63. The number of hydrogen-bond donors (Lipinski definition) is 2. The number of hydrogen-bond acceptors (Lipinski definition) is 4. The van der Waals surface area contributed by atoms with Crippen LogP contribution in [0.4, 0.5) is 0 Å². The van der Waals surface area contributed by atoms with Gasteiger partial charge in [-0.3, -0.25) is 0 Å². The van der Waals surface area contributed by atoms with Crippen molar-refractivity contribution in [2.45, 2.75) is 64.2 Å². The van der Waals surface area contributed by atoms with E-state index >= 15 is 0 Å². The van der Waals surface area contributed by atoms with E-state index in [1.54, 1.807) is 6.08 Å². The second-order valence-electron chi connectivity index (χ2n) is 7.78. The van der Waals surface area contributed by atoms with Gasteiger partial charge in [-0.25, -0.2) is 4.79 Å². The number of aliphatic carboxylic acids is 1. The van der Waals surface area contributed by atoms with Crippen molar-refractivity contribution < 1.29 is 24.3 Å². The first kappa shape index (κ1) is 16.0. The van der Waals surface area contributed by atoms with Gasteiger partial charge in [0.05, 0.1) is 11.7 Å². The highest BCUT2D eigenvalue weighted by Crippen LogP contribution is 2.64. The van der Waals surface area contributed by atoms with E-state index in [0.29, 0.717) is 17.7 Å². The lowest BCUT2D eigenvalue weighted by Gasteiger charge is -2.63. The number of carboxylic acids is 1. The van der Waals surface area contributed by atoms with E-state index in [2.05, 4.69) is 20.8 Å². The van der Waals surface area contributed by atoms with Gasteiger partial charge in [0.25, 0.3) is 0 Å². The number of aliphatic hydroxyl groups is 1. The van der Waals surface area contributed by atoms with Crippen LogP contribution in [0.15, 0.2) is 12.2 Å². The molecule has 1 aliphatic heterocycles. The number of carboxylic acid groups (broad SMARTS) is 1. The molecule has 122 valence electrons. The van der Waals surface area contributed by atoms with Crippen molar-refractivity contribution >= 4 is 13.1 Å². The van der Waals surface area contributed by atoms with E-state index in [1.807, 2.05) is 6.08 Å². The Hall–Kier alpha value is -0.845. The first-order chi connectivity index (χ1) is 10.2. The predicted octanol–water partition coefficient (Wildman–Crippen LogP) is 2.11. The number of carbonyl (C=O) groups is 1. The molecule has 0 spiro atoms. The topological polar surface area (TPSA) is 76.0 Å². The molecule has 5 atom stereocenters. The molecule has 2 N–H and O–H groups in total. The minimum Gasteiger partial charge on any atom is -0.479 e. The Kier molecular flexibility index (Phi) is 3.90. The highest BCUT2D eigenvalue weighted by Gasteiger charge is 2.66. The number of aliphatic hydroxyl groups excluding tert-OH is 1. The smallest absolute Gasteiger partial charge is 0.461 e. The van der Waals surface area contributed by atoms with Crippen LogP contribution in [0, 0.1) is 17.3 Å². The Bertz CT molecular complexity index is 491. The molecule has 1 unspecified atom stereocenters. The number of allylic oxidation sites excluding steroid dienone is 1. The van der Waals surface area contributed by atoms with Gasteiger partial charge in [-0.05, 0) is 37.0 Å². The third-order valence-electron chi connectivity index (χ3n) is 6.00. The van der Waals surface area contributed by atoms with Crippen LogP contribution in [-0.4, -0.2) is 41.1 Å². The Balaban J connectivity index is 1.54. The van der Waals surface area contributed by atoms with Gasteiger partial charge in [-0.15, -0.1) is 0 Å². The second-order valence-corrected chi connectivity index (χ2v) is 7.78. The van der Waals surface area contributed by atoms with E-state index in [0.717, 1.165) is 12.3 Å². The molecule has 4 rings (SSSR count). The van der Waals surface area contributed by atoms with Crippen LogP contribution in [0.1, 0.15) is 40.0 Å². The van der Waals surface area contributed by atoms with Crippen LogP contribution < -0.4 is 0 Å². The molecule has 5 nitrogen and oxygen atoms in total. The van der Waals surface area contributed by atoms with E-state index in [4.69, 9.17) is 14.4 Å². The van der Waals surface area contributed by atoms with Crippen molar-refractivity contribution in [3.05, 3.63) is 12.2 Å². The summed E-state index contributed by atoms with van der Waals surface area (Å²) in [6.45, 7) is 6.81. The summed E-state index contributed by atoms with van der Waals surface area (Å²) < 4.78 is 12.3. The van der Waals surface area contributed by atoms with Gasteiger partial charge >= 0.3 is 13.1 Å². The standard InChI is InChI=1S/C16H25BO5/c1-15(2)10-8-11(15)13-16(3,9-10)22-17(21-13)7-5-4-6-12(18)14(19)20/h4-5,10-13,18H,6-9H2,1-3H3,(H,19,20)/b5-4-/t10-,11+,12?,13-,16+/m1/s1. The summed E-state index contributed by atoms with van der Waals surface area (Å²) in [7, 11) is -0.261. The summed E-state index contributed by atoms with van der Waals surface area (Å²) >= 11 is 0. The summed E-state index contributed by atoms with van der Waals surface area (Å²) in [5, 5.41) is 17.8. The minimum atomic E-state index is -1.34. The fraction of sp³-hybridized carbons (Fsp3) is 0.812. The van der Waals surface area contributed by atoms with Gasteiger partial charge in [0, 0.05) is 12.7 Å². The average molecular weight is 308 g/mol. The zero-order valence-electron chi connectivity index (χ0n) is 13.5. The van der Waals surface area contributed by atoms with E-state index in [-0.39, 0.29) is 25.2 Å². The maximum absolute atomic E-state index is 10.5. The summed E-state index contributed by atoms with van der Waals surface area (Å²) in [5.74, 6) is 0.0972. The second kappa shape index (κ2) is 5.36. The van der Waals surface area contributed by atoms with Crippen LogP contribution in [0.5, 0.6) is 0 Å². The third kappa shape index (κ3) is 2.51. The van der Waals surface area contributed by atoms with E-state index < -0.39 is 12.1 Å². The van der Waals surface area contributed by atoms with Crippen molar-refractivity contribution in [3.63, 3.8) is 0 Å². The maximum atomic E-state index is 10.5. The van der Waals surface area contributed by atoms with Crippen LogP contribution in [0.2, 0.25) is 6.32 Å². The minimum absolute atomic E-state index is 0.112. The average Bonchev–Trinajstić information content (AvgIpc) is 2.78. The summed E-state index contributed by atoms with van der Waals surface area (Å²) in [6.07, 6.45) is 5.34. The maximum Gasteiger partial charge on any atom is 0.461 e. The Labute approximate surface area is 131 Å². The first-order valence-corrected chi connectivity index (χ1v) is 8.13. The molecule has 0 amide bonds. The quantitative estimate of drug-likeness (QED) is 0.601. The molecule has 1 heterocycles. The molecule has 22 heavy (non-hydrogen) atoms. The Morgan fingerprint density at radius 3 is 2.77 bits per heavy atom. The SMILES string of the molecule is CC1(C)[C@@H]2C[C@H]1[C@H]1OB(C/C=C\CC(O)C(=O)O)O[C@@]1(C)C2. The zero-order chi connectivity index (χ0) is 16.1. The first-order valence-electron chi connectivity index (χ1n) is 8.13. The largest absolute Gasteiger partial charge is 0.479 e. The monoisotopic (exact) mass is 308 g/mol. The Morgan fingerprint density at radius 1 is 1.41 bits per heavy atom. The summed E-state index contributed by atoms with van der Waals surface area (Å²) in [6, 6.07) is 0. The normalized spacial score (nSPS) is 40.4. The molecule has 2 bridgehead atoms. The van der Waals surface area contributed by atoms with Crippen molar-refractivity contribution in [2.75, 3.05) is 0 Å². The lowest BCUT2D eigenvalue weighted by atomic mass is 9.45. The van der Waals surface area contributed by atoms with Crippen LogP contribution in [0.3, 0.4) is 0 Å². The van der Waals surface area contributed by atoms with E-state index in [1.165, 1.54) is 6.42 Å². The zero-order valence-corrected chi connectivity index (χ0v) is 13.5. The molecular weight excluding hydrogens is 283 g/mol. The summed E-state index contributed by atoms with van der Waals surface area (Å²) in [5.41, 5.74) is 0.173. The predicted molar refractivity (Wildman–Crippen MR) is 82.3 cm³/mol. The van der Waals surface area contributed by atoms with Crippen molar-refractivity contribution in [2.24, 2.45) is 17.3 Å².